The second-order valence-electron chi connectivity index (χ2n) is 6.82. The van der Waals surface area contributed by atoms with Crippen LogP contribution in [-0.2, 0) is 16.0 Å². The minimum atomic E-state index is -0.640. The Bertz CT molecular complexity index is 480. The third-order valence-electron chi connectivity index (χ3n) is 4.62. The average Bonchev–Trinajstić information content (AvgIpc) is 2.44. The molecule has 0 saturated heterocycles. The molecule has 0 amide bonds. The van der Waals surface area contributed by atoms with E-state index in [9.17, 15) is 9.18 Å². The Morgan fingerprint density at radius 3 is 2.24 bits per heavy atom. The van der Waals surface area contributed by atoms with Crippen molar-refractivity contribution in [2.75, 3.05) is 6.61 Å². The van der Waals surface area contributed by atoms with Gasteiger partial charge < -0.3 is 4.74 Å². The molecule has 0 spiro atoms. The molecule has 0 bridgehead atoms. The summed E-state index contributed by atoms with van der Waals surface area (Å²) >= 11 is 0. The molecule has 0 radical (unpaired) electrons. The van der Waals surface area contributed by atoms with Crippen LogP contribution in [0.3, 0.4) is 0 Å². The molecule has 21 heavy (non-hydrogen) atoms. The first-order chi connectivity index (χ1) is 9.87. The number of benzene rings is 1. The van der Waals surface area contributed by atoms with Crippen molar-refractivity contribution in [1.82, 2.24) is 0 Å². The van der Waals surface area contributed by atoms with Gasteiger partial charge in [0, 0.05) is 13.0 Å². The fourth-order valence-corrected chi connectivity index (χ4v) is 3.06. The first-order valence-electron chi connectivity index (χ1n) is 7.79. The van der Waals surface area contributed by atoms with E-state index in [1.165, 1.54) is 12.1 Å². The van der Waals surface area contributed by atoms with Gasteiger partial charge in [0.2, 0.25) is 0 Å². The normalized spacial score (nSPS) is 20.2. The topological polar surface area (TPSA) is 26.3 Å². The molecule has 0 heterocycles. The zero-order valence-electron chi connectivity index (χ0n) is 13.2. The van der Waals surface area contributed by atoms with Gasteiger partial charge in [-0.05, 0) is 55.7 Å². The van der Waals surface area contributed by atoms with Crippen molar-refractivity contribution in [3.05, 3.63) is 35.6 Å². The third kappa shape index (κ3) is 3.91. The minimum absolute atomic E-state index is 0.131. The maximum absolute atomic E-state index is 13.0. The number of hydrogen-bond donors (Lipinski definition) is 0. The number of Topliss-reactive ketones (excluding diaryl/α,β-unsaturated/α-hetero) is 1. The number of rotatable bonds is 5. The Morgan fingerprint density at radius 2 is 1.71 bits per heavy atom. The zero-order chi connectivity index (χ0) is 15.5. The molecule has 1 aromatic rings. The van der Waals surface area contributed by atoms with Crippen molar-refractivity contribution in [3.8, 4) is 0 Å². The van der Waals surface area contributed by atoms with Gasteiger partial charge in [0.1, 0.15) is 11.4 Å². The SMILES string of the molecule is CCOC1(C(=O)Cc2ccc(F)cc2)CCC(C)(C)CC1. The highest BCUT2D eigenvalue weighted by atomic mass is 19.1. The average molecular weight is 292 g/mol. The fourth-order valence-electron chi connectivity index (χ4n) is 3.06. The lowest BCUT2D eigenvalue weighted by atomic mass is 9.69. The molecule has 2 nitrogen and oxygen atoms in total. The monoisotopic (exact) mass is 292 g/mol. The lowest BCUT2D eigenvalue weighted by Gasteiger charge is -2.42. The van der Waals surface area contributed by atoms with E-state index in [4.69, 9.17) is 4.74 Å². The predicted octanol–water partition coefficient (Wildman–Crippen LogP) is 4.31. The van der Waals surface area contributed by atoms with Crippen LogP contribution in [0.4, 0.5) is 4.39 Å². The van der Waals surface area contributed by atoms with Gasteiger partial charge in [-0.3, -0.25) is 4.79 Å². The zero-order valence-corrected chi connectivity index (χ0v) is 13.2. The van der Waals surface area contributed by atoms with Crippen LogP contribution in [0.25, 0.3) is 0 Å². The molecular weight excluding hydrogens is 267 g/mol. The van der Waals surface area contributed by atoms with Crippen LogP contribution in [0.1, 0.15) is 52.0 Å². The van der Waals surface area contributed by atoms with Crippen LogP contribution in [0.2, 0.25) is 0 Å². The van der Waals surface area contributed by atoms with E-state index < -0.39 is 5.60 Å². The number of carbonyl (C=O) groups is 1. The molecule has 116 valence electrons. The van der Waals surface area contributed by atoms with Crippen molar-refractivity contribution in [2.45, 2.75) is 58.5 Å². The fraction of sp³-hybridized carbons (Fsp3) is 0.611. The molecule has 0 N–H and O–H groups in total. The molecule has 1 fully saturated rings. The van der Waals surface area contributed by atoms with Crippen LogP contribution >= 0.6 is 0 Å². The largest absolute Gasteiger partial charge is 0.367 e. The van der Waals surface area contributed by atoms with Crippen molar-refractivity contribution >= 4 is 5.78 Å². The van der Waals surface area contributed by atoms with Gasteiger partial charge in [-0.15, -0.1) is 0 Å². The van der Waals surface area contributed by atoms with E-state index in [0.717, 1.165) is 31.2 Å². The molecule has 1 aliphatic rings. The summed E-state index contributed by atoms with van der Waals surface area (Å²) in [5.74, 6) is -0.142. The summed E-state index contributed by atoms with van der Waals surface area (Å²) in [6.07, 6.45) is 3.90. The van der Waals surface area contributed by atoms with Gasteiger partial charge in [0.05, 0.1) is 0 Å². The van der Waals surface area contributed by atoms with E-state index >= 15 is 0 Å². The lowest BCUT2D eigenvalue weighted by molar-refractivity contribution is -0.151. The van der Waals surface area contributed by atoms with E-state index in [1.54, 1.807) is 12.1 Å². The number of ketones is 1. The Morgan fingerprint density at radius 1 is 1.14 bits per heavy atom. The summed E-state index contributed by atoms with van der Waals surface area (Å²) in [5, 5.41) is 0. The maximum Gasteiger partial charge on any atom is 0.168 e. The summed E-state index contributed by atoms with van der Waals surface area (Å²) in [6, 6.07) is 6.17. The van der Waals surface area contributed by atoms with Gasteiger partial charge >= 0.3 is 0 Å². The Balaban J connectivity index is 2.11. The van der Waals surface area contributed by atoms with Gasteiger partial charge in [0.15, 0.2) is 5.78 Å². The standard InChI is InChI=1S/C18H25FO2/c1-4-21-18(11-9-17(2,3)10-12-18)16(20)13-14-5-7-15(19)8-6-14/h5-8H,4,9-13H2,1-3H3. The number of halogens is 1. The molecule has 0 aromatic heterocycles. The molecular formula is C18H25FO2. The van der Waals surface area contributed by atoms with Gasteiger partial charge in [-0.1, -0.05) is 26.0 Å². The van der Waals surface area contributed by atoms with Crippen molar-refractivity contribution < 1.29 is 13.9 Å². The van der Waals surface area contributed by atoms with Crippen LogP contribution in [0.5, 0.6) is 0 Å². The Labute approximate surface area is 126 Å². The quantitative estimate of drug-likeness (QED) is 0.808. The van der Waals surface area contributed by atoms with Crippen molar-refractivity contribution in [3.63, 3.8) is 0 Å². The van der Waals surface area contributed by atoms with Crippen LogP contribution in [0.15, 0.2) is 24.3 Å². The second kappa shape index (κ2) is 6.27. The van der Waals surface area contributed by atoms with E-state index in [1.807, 2.05) is 6.92 Å². The molecule has 0 aliphatic heterocycles. The summed E-state index contributed by atoms with van der Waals surface area (Å²) in [6.45, 7) is 6.98. The smallest absolute Gasteiger partial charge is 0.168 e. The van der Waals surface area contributed by atoms with E-state index in [0.29, 0.717) is 13.0 Å². The summed E-state index contributed by atoms with van der Waals surface area (Å²) in [5.41, 5.74) is 0.500. The summed E-state index contributed by atoms with van der Waals surface area (Å²) < 4.78 is 18.8. The molecule has 1 aromatic carbocycles. The maximum atomic E-state index is 13.0. The van der Waals surface area contributed by atoms with Crippen LogP contribution < -0.4 is 0 Å². The molecule has 1 aliphatic carbocycles. The molecule has 2 rings (SSSR count). The third-order valence-corrected chi connectivity index (χ3v) is 4.62. The summed E-state index contributed by atoms with van der Waals surface area (Å²) in [4.78, 5) is 12.8. The first-order valence-corrected chi connectivity index (χ1v) is 7.79. The lowest BCUT2D eigenvalue weighted by Crippen LogP contribution is -2.47. The molecule has 0 atom stereocenters. The highest BCUT2D eigenvalue weighted by Gasteiger charge is 2.44. The van der Waals surface area contributed by atoms with Gasteiger partial charge in [-0.25, -0.2) is 4.39 Å². The van der Waals surface area contributed by atoms with Gasteiger partial charge in [-0.2, -0.15) is 0 Å². The van der Waals surface area contributed by atoms with Crippen molar-refractivity contribution in [2.24, 2.45) is 5.41 Å². The highest BCUT2D eigenvalue weighted by Crippen LogP contribution is 2.42. The molecule has 3 heteroatoms. The number of carbonyl (C=O) groups excluding carboxylic acids is 1. The predicted molar refractivity (Wildman–Crippen MR) is 81.7 cm³/mol. The van der Waals surface area contributed by atoms with Crippen LogP contribution in [-0.4, -0.2) is 18.0 Å². The van der Waals surface area contributed by atoms with Crippen molar-refractivity contribution in [1.29, 1.82) is 0 Å². The van der Waals surface area contributed by atoms with Gasteiger partial charge in [0.25, 0.3) is 0 Å². The Hall–Kier alpha value is -1.22. The first kappa shape index (κ1) is 16.2. The number of ether oxygens (including phenoxy) is 1. The summed E-state index contributed by atoms with van der Waals surface area (Å²) in [7, 11) is 0. The molecule has 0 unspecified atom stereocenters. The van der Waals surface area contributed by atoms with E-state index in [-0.39, 0.29) is 17.0 Å². The highest BCUT2D eigenvalue weighted by molar-refractivity contribution is 5.89. The molecule has 1 saturated carbocycles. The number of hydrogen-bond acceptors (Lipinski definition) is 2. The minimum Gasteiger partial charge on any atom is -0.367 e. The Kier molecular flexibility index (Phi) is 4.82. The van der Waals surface area contributed by atoms with E-state index in [2.05, 4.69) is 13.8 Å². The second-order valence-corrected chi connectivity index (χ2v) is 6.82. The van der Waals surface area contributed by atoms with Crippen LogP contribution in [0, 0.1) is 11.2 Å².